The Hall–Kier alpha value is -0.120. The molecule has 0 aliphatic heterocycles. The highest BCUT2D eigenvalue weighted by molar-refractivity contribution is 4.53. The van der Waals surface area contributed by atoms with E-state index in [4.69, 9.17) is 15.3 Å². The molecule has 0 aliphatic rings. The molecule has 0 fully saturated rings. The van der Waals surface area contributed by atoms with Gasteiger partial charge in [0.05, 0.1) is 0 Å². The third kappa shape index (κ3) is 36.0. The van der Waals surface area contributed by atoms with Crippen molar-refractivity contribution in [1.82, 2.24) is 0 Å². The summed E-state index contributed by atoms with van der Waals surface area (Å²) < 4.78 is 0. The summed E-state index contributed by atoms with van der Waals surface area (Å²) in [6, 6.07) is 0. The van der Waals surface area contributed by atoms with E-state index in [0.717, 1.165) is 19.3 Å². The Kier molecular flexibility index (Phi) is 28.2. The molecule has 0 saturated carbocycles. The minimum atomic E-state index is -0.167. The van der Waals surface area contributed by atoms with Gasteiger partial charge in [-0.3, -0.25) is 0 Å². The molecular formula is C15H36O3. The van der Waals surface area contributed by atoms with Crippen LogP contribution >= 0.6 is 0 Å². The van der Waals surface area contributed by atoms with Crippen molar-refractivity contribution in [1.29, 1.82) is 0 Å². The molecule has 0 heterocycles. The van der Waals surface area contributed by atoms with Crippen molar-refractivity contribution in [2.75, 3.05) is 13.2 Å². The van der Waals surface area contributed by atoms with Crippen LogP contribution in [0, 0.1) is 5.92 Å². The molecule has 3 N–H and O–H groups in total. The van der Waals surface area contributed by atoms with Gasteiger partial charge in [-0.15, -0.1) is 0 Å². The zero-order valence-corrected chi connectivity index (χ0v) is 13.2. The Morgan fingerprint density at radius 1 is 0.889 bits per heavy atom. The number of hydrogen-bond donors (Lipinski definition) is 3. The molecule has 0 radical (unpaired) electrons. The number of hydrogen-bond acceptors (Lipinski definition) is 3. The van der Waals surface area contributed by atoms with Gasteiger partial charge in [0.25, 0.3) is 0 Å². The van der Waals surface area contributed by atoms with Crippen molar-refractivity contribution in [2.45, 2.75) is 79.2 Å². The third-order valence-corrected chi connectivity index (χ3v) is 2.31. The maximum atomic E-state index is 8.75. The van der Waals surface area contributed by atoms with Gasteiger partial charge < -0.3 is 15.3 Å². The molecule has 1 atom stereocenters. The molecule has 0 aliphatic carbocycles. The second kappa shape index (κ2) is 22.1. The largest absolute Gasteiger partial charge is 0.396 e. The summed E-state index contributed by atoms with van der Waals surface area (Å²) in [6.45, 7) is 10.5. The highest BCUT2D eigenvalue weighted by atomic mass is 16.3. The lowest BCUT2D eigenvalue weighted by Crippen LogP contribution is -2.03. The molecule has 0 aromatic carbocycles. The average molecular weight is 264 g/mol. The summed E-state index contributed by atoms with van der Waals surface area (Å²) in [4.78, 5) is 0. The Morgan fingerprint density at radius 3 is 1.50 bits per heavy atom. The van der Waals surface area contributed by atoms with Gasteiger partial charge in [-0.2, -0.15) is 0 Å². The van der Waals surface area contributed by atoms with Gasteiger partial charge in [-0.1, -0.05) is 46.5 Å². The molecule has 0 rings (SSSR count). The van der Waals surface area contributed by atoms with Gasteiger partial charge in [0, 0.05) is 19.3 Å². The van der Waals surface area contributed by atoms with Crippen LogP contribution in [0.2, 0.25) is 0 Å². The highest BCUT2D eigenvalue weighted by Crippen LogP contribution is 2.10. The van der Waals surface area contributed by atoms with E-state index in [2.05, 4.69) is 20.8 Å². The topological polar surface area (TPSA) is 60.7 Å². The number of aliphatic hydroxyl groups is 3. The molecule has 0 saturated heterocycles. The van der Waals surface area contributed by atoms with Crippen molar-refractivity contribution >= 4 is 0 Å². The highest BCUT2D eigenvalue weighted by Gasteiger charge is 2.01. The molecule has 0 amide bonds. The number of rotatable bonds is 7. The van der Waals surface area contributed by atoms with Gasteiger partial charge in [-0.25, -0.2) is 0 Å². The molecule has 3 heteroatoms. The molecule has 114 valence electrons. The second-order valence-electron chi connectivity index (χ2n) is 4.77. The minimum absolute atomic E-state index is 0.167. The Morgan fingerprint density at radius 2 is 1.33 bits per heavy atom. The van der Waals surface area contributed by atoms with Crippen LogP contribution in [0.5, 0.6) is 0 Å². The summed E-state index contributed by atoms with van der Waals surface area (Å²) in [5, 5.41) is 24.9. The number of aliphatic hydroxyl groups excluding tert-OH is 3. The van der Waals surface area contributed by atoms with Crippen LogP contribution in [0.4, 0.5) is 0 Å². The zero-order chi connectivity index (χ0) is 14.8. The standard InChI is InChI=1S/C8H18O.C4H10O.C3H8O/c1-3-5-6-8(4-2)7-9;1-2-3-4-5;1-3(2)4/h8-9H,3-7H2,1-2H3;5H,2-4H2,1H3;3-4H,1-2H3. The van der Waals surface area contributed by atoms with Crippen molar-refractivity contribution < 1.29 is 15.3 Å². The fourth-order valence-electron chi connectivity index (χ4n) is 1.08. The van der Waals surface area contributed by atoms with E-state index in [1.165, 1.54) is 19.3 Å². The lowest BCUT2D eigenvalue weighted by molar-refractivity contribution is 0.212. The summed E-state index contributed by atoms with van der Waals surface area (Å²) in [5.74, 6) is 0.560. The monoisotopic (exact) mass is 264 g/mol. The summed E-state index contributed by atoms with van der Waals surface area (Å²) in [7, 11) is 0. The predicted octanol–water partition coefficient (Wildman–Crippen LogP) is 3.36. The quantitative estimate of drug-likeness (QED) is 0.661. The maximum absolute atomic E-state index is 8.75. The third-order valence-electron chi connectivity index (χ3n) is 2.31. The van der Waals surface area contributed by atoms with Crippen LogP contribution in [0.1, 0.15) is 73.1 Å². The van der Waals surface area contributed by atoms with E-state index < -0.39 is 0 Å². The molecule has 3 nitrogen and oxygen atoms in total. The zero-order valence-electron chi connectivity index (χ0n) is 13.2. The first-order valence-corrected chi connectivity index (χ1v) is 7.39. The van der Waals surface area contributed by atoms with E-state index in [0.29, 0.717) is 19.1 Å². The van der Waals surface area contributed by atoms with Gasteiger partial charge in [-0.05, 0) is 32.6 Å². The Labute approximate surface area is 114 Å². The Balaban J connectivity index is -0.000000212. The van der Waals surface area contributed by atoms with Gasteiger partial charge in [0.15, 0.2) is 0 Å². The van der Waals surface area contributed by atoms with Gasteiger partial charge >= 0.3 is 0 Å². The average Bonchev–Trinajstić information content (AvgIpc) is 2.32. The first-order valence-electron chi connectivity index (χ1n) is 7.39. The van der Waals surface area contributed by atoms with E-state index in [-0.39, 0.29) is 6.10 Å². The van der Waals surface area contributed by atoms with Crippen LogP contribution in [-0.2, 0) is 0 Å². The fraction of sp³-hybridized carbons (Fsp3) is 1.00. The maximum Gasteiger partial charge on any atom is 0.0483 e. The first-order chi connectivity index (χ1) is 8.49. The molecule has 0 aromatic heterocycles. The number of unbranched alkanes of at least 4 members (excludes halogenated alkanes) is 2. The summed E-state index contributed by atoms with van der Waals surface area (Å²) in [6.07, 6.45) is 6.70. The summed E-state index contributed by atoms with van der Waals surface area (Å²) >= 11 is 0. The summed E-state index contributed by atoms with van der Waals surface area (Å²) in [5.41, 5.74) is 0. The lowest BCUT2D eigenvalue weighted by Gasteiger charge is -2.08. The van der Waals surface area contributed by atoms with Crippen LogP contribution in [0.25, 0.3) is 0 Å². The molecule has 0 spiro atoms. The van der Waals surface area contributed by atoms with Crippen LogP contribution < -0.4 is 0 Å². The fourth-order valence-corrected chi connectivity index (χ4v) is 1.08. The van der Waals surface area contributed by atoms with Crippen molar-refractivity contribution in [3.63, 3.8) is 0 Å². The molecule has 0 bridgehead atoms. The Bertz CT molecular complexity index is 108. The van der Waals surface area contributed by atoms with E-state index >= 15 is 0 Å². The van der Waals surface area contributed by atoms with Crippen LogP contribution in [0.3, 0.4) is 0 Å². The SMILES string of the molecule is CC(C)O.CCCCC(CC)CO.CCCCO. The molecule has 0 aromatic rings. The predicted molar refractivity (Wildman–Crippen MR) is 79.7 cm³/mol. The van der Waals surface area contributed by atoms with Crippen molar-refractivity contribution in [3.05, 3.63) is 0 Å². The smallest absolute Gasteiger partial charge is 0.0483 e. The first kappa shape index (κ1) is 23.0. The lowest BCUT2D eigenvalue weighted by atomic mass is 10.0. The van der Waals surface area contributed by atoms with Crippen LogP contribution in [-0.4, -0.2) is 34.6 Å². The van der Waals surface area contributed by atoms with Crippen molar-refractivity contribution in [2.24, 2.45) is 5.92 Å². The second-order valence-corrected chi connectivity index (χ2v) is 4.77. The van der Waals surface area contributed by atoms with Gasteiger partial charge in [0.2, 0.25) is 0 Å². The van der Waals surface area contributed by atoms with Crippen LogP contribution in [0.15, 0.2) is 0 Å². The minimum Gasteiger partial charge on any atom is -0.396 e. The van der Waals surface area contributed by atoms with E-state index in [1.807, 2.05) is 0 Å². The molecule has 1 unspecified atom stereocenters. The molecular weight excluding hydrogens is 228 g/mol. The van der Waals surface area contributed by atoms with Crippen molar-refractivity contribution in [3.8, 4) is 0 Å². The molecule has 18 heavy (non-hydrogen) atoms. The van der Waals surface area contributed by atoms with E-state index in [9.17, 15) is 0 Å². The van der Waals surface area contributed by atoms with E-state index in [1.54, 1.807) is 13.8 Å². The van der Waals surface area contributed by atoms with Gasteiger partial charge in [0.1, 0.15) is 0 Å². The normalized spacial score (nSPS) is 11.2.